The van der Waals surface area contributed by atoms with Gasteiger partial charge in [-0.15, -0.1) is 0 Å². The van der Waals surface area contributed by atoms with Crippen LogP contribution in [0.3, 0.4) is 0 Å². The van der Waals surface area contributed by atoms with Crippen LogP contribution in [-0.4, -0.2) is 37.9 Å². The van der Waals surface area contributed by atoms with Crippen LogP contribution in [0.1, 0.15) is 23.2 Å². The Balaban J connectivity index is 1.67. The van der Waals surface area contributed by atoms with Gasteiger partial charge in [-0.25, -0.2) is 18.8 Å². The van der Waals surface area contributed by atoms with E-state index < -0.39 is 17.1 Å². The van der Waals surface area contributed by atoms with Crippen molar-refractivity contribution in [1.29, 1.82) is 0 Å². The van der Waals surface area contributed by atoms with Crippen LogP contribution in [0.5, 0.6) is 0 Å². The second-order valence-electron chi connectivity index (χ2n) is 6.73. The van der Waals surface area contributed by atoms with E-state index in [1.165, 1.54) is 24.5 Å². The molecule has 0 spiro atoms. The minimum Gasteiger partial charge on any atom is -0.340 e. The standard InChI is InChI=1S/C21H15ClF2N6S/c1-11-4-14(15-5-19(22)27-9-16(15)24)12(6-25-11)7-28-20-21(31)30-18(10-29-20)17-3-2-13(23)8-26-17/h2-4,6-10,19H,5H2,1H3,(H,30,31). The summed E-state index contributed by atoms with van der Waals surface area (Å²) in [5, 5.41) is 0. The summed E-state index contributed by atoms with van der Waals surface area (Å²) in [5.41, 5.74) is 2.89. The van der Waals surface area contributed by atoms with Gasteiger partial charge in [0.2, 0.25) is 0 Å². The van der Waals surface area contributed by atoms with Gasteiger partial charge in [-0.2, -0.15) is 0 Å². The highest BCUT2D eigenvalue weighted by Gasteiger charge is 2.20. The quantitative estimate of drug-likeness (QED) is 0.243. The van der Waals surface area contributed by atoms with E-state index in [2.05, 4.69) is 29.9 Å². The number of H-pyrrole nitrogens is 1. The number of hydrogen-bond donors (Lipinski definition) is 1. The number of aromatic nitrogens is 4. The number of rotatable bonds is 4. The number of dihydropyridines is 1. The van der Waals surface area contributed by atoms with Crippen molar-refractivity contribution in [2.24, 2.45) is 9.98 Å². The lowest BCUT2D eigenvalue weighted by molar-refractivity contribution is 0.622. The molecule has 3 aromatic heterocycles. The van der Waals surface area contributed by atoms with Gasteiger partial charge in [0.1, 0.15) is 21.8 Å². The molecule has 0 amide bonds. The van der Waals surface area contributed by atoms with Crippen LogP contribution in [-0.2, 0) is 0 Å². The normalized spacial score (nSPS) is 16.3. The maximum atomic E-state index is 14.4. The summed E-state index contributed by atoms with van der Waals surface area (Å²) in [4.78, 5) is 23.8. The van der Waals surface area contributed by atoms with Crippen LogP contribution in [0.25, 0.3) is 17.0 Å². The number of aromatic amines is 1. The Bertz CT molecular complexity index is 1280. The molecule has 0 aromatic carbocycles. The molecule has 0 saturated carbocycles. The predicted octanol–water partition coefficient (Wildman–Crippen LogP) is 5.51. The van der Waals surface area contributed by atoms with Gasteiger partial charge >= 0.3 is 0 Å². The number of hydrogen-bond acceptors (Lipinski definition) is 6. The summed E-state index contributed by atoms with van der Waals surface area (Å²) >= 11 is 11.4. The molecule has 0 bridgehead atoms. The van der Waals surface area contributed by atoms with Crippen molar-refractivity contribution in [2.45, 2.75) is 18.8 Å². The number of nitrogens with zero attached hydrogens (tertiary/aromatic N) is 5. The molecule has 6 nitrogen and oxygen atoms in total. The van der Waals surface area contributed by atoms with Gasteiger partial charge < -0.3 is 4.98 Å². The number of pyridine rings is 2. The smallest absolute Gasteiger partial charge is 0.187 e. The van der Waals surface area contributed by atoms with Crippen molar-refractivity contribution in [3.8, 4) is 11.4 Å². The topological polar surface area (TPSA) is 79.2 Å². The molecule has 1 aliphatic heterocycles. The largest absolute Gasteiger partial charge is 0.340 e. The molecule has 156 valence electrons. The van der Waals surface area contributed by atoms with Crippen LogP contribution in [0.15, 0.2) is 52.6 Å². The van der Waals surface area contributed by atoms with Crippen LogP contribution in [0, 0.1) is 17.4 Å². The molecule has 0 fully saturated rings. The van der Waals surface area contributed by atoms with Crippen molar-refractivity contribution in [1.82, 2.24) is 19.9 Å². The average molecular weight is 457 g/mol. The number of aliphatic imine (C=N–C) groups is 2. The Kier molecular flexibility index (Phi) is 6.06. The second-order valence-corrected chi connectivity index (χ2v) is 7.64. The third-order valence-electron chi connectivity index (χ3n) is 4.50. The summed E-state index contributed by atoms with van der Waals surface area (Å²) in [6.07, 6.45) is 7.14. The number of aryl methyl sites for hydroxylation is 1. The highest BCUT2D eigenvalue weighted by atomic mass is 35.5. The molecular formula is C21H15ClF2N6S. The highest BCUT2D eigenvalue weighted by Crippen LogP contribution is 2.31. The van der Waals surface area contributed by atoms with E-state index in [1.807, 2.05) is 6.92 Å². The first kappa shape index (κ1) is 21.1. The summed E-state index contributed by atoms with van der Waals surface area (Å²) in [5.74, 6) is -0.610. The van der Waals surface area contributed by atoms with Gasteiger partial charge in [-0.1, -0.05) is 23.8 Å². The molecule has 1 atom stereocenters. The molecule has 10 heteroatoms. The van der Waals surface area contributed by atoms with Crippen molar-refractivity contribution in [3.05, 3.63) is 69.9 Å². The Morgan fingerprint density at radius 1 is 1.19 bits per heavy atom. The van der Waals surface area contributed by atoms with Gasteiger partial charge in [-0.3, -0.25) is 15.0 Å². The van der Waals surface area contributed by atoms with Crippen molar-refractivity contribution < 1.29 is 8.78 Å². The van der Waals surface area contributed by atoms with Gasteiger partial charge in [0.05, 0.1) is 30.0 Å². The van der Waals surface area contributed by atoms with E-state index >= 15 is 0 Å². The van der Waals surface area contributed by atoms with Crippen LogP contribution in [0.2, 0.25) is 0 Å². The first-order valence-corrected chi connectivity index (χ1v) is 10.0. The van der Waals surface area contributed by atoms with Crippen LogP contribution < -0.4 is 0 Å². The predicted molar refractivity (Wildman–Crippen MR) is 120 cm³/mol. The molecule has 0 saturated heterocycles. The first-order chi connectivity index (χ1) is 14.9. The maximum absolute atomic E-state index is 14.4. The second kappa shape index (κ2) is 8.91. The fraction of sp³-hybridized carbons (Fsp3) is 0.143. The highest BCUT2D eigenvalue weighted by molar-refractivity contribution is 7.71. The van der Waals surface area contributed by atoms with Crippen molar-refractivity contribution in [2.75, 3.05) is 0 Å². The lowest BCUT2D eigenvalue weighted by Gasteiger charge is -2.16. The molecule has 4 heterocycles. The molecule has 31 heavy (non-hydrogen) atoms. The van der Waals surface area contributed by atoms with Gasteiger partial charge in [0.15, 0.2) is 5.82 Å². The van der Waals surface area contributed by atoms with E-state index in [-0.39, 0.29) is 16.9 Å². The first-order valence-electron chi connectivity index (χ1n) is 9.19. The lowest BCUT2D eigenvalue weighted by Crippen LogP contribution is -2.07. The maximum Gasteiger partial charge on any atom is 0.187 e. The zero-order chi connectivity index (χ0) is 22.0. The third kappa shape index (κ3) is 4.78. The fourth-order valence-corrected chi connectivity index (χ4v) is 3.42. The van der Waals surface area contributed by atoms with Gasteiger partial charge in [0.25, 0.3) is 0 Å². The fourth-order valence-electron chi connectivity index (χ4n) is 3.00. The molecule has 4 rings (SSSR count). The zero-order valence-electron chi connectivity index (χ0n) is 16.2. The third-order valence-corrected chi connectivity index (χ3v) is 5.06. The minimum absolute atomic E-state index is 0.256. The van der Waals surface area contributed by atoms with E-state index in [1.54, 1.807) is 12.3 Å². The molecule has 1 unspecified atom stereocenters. The van der Waals surface area contributed by atoms with Crippen LogP contribution in [0.4, 0.5) is 14.6 Å². The number of allylic oxidation sites excluding steroid dienone is 1. The van der Waals surface area contributed by atoms with Crippen molar-refractivity contribution >= 4 is 47.6 Å². The number of halogens is 3. The molecular weight excluding hydrogens is 442 g/mol. The zero-order valence-corrected chi connectivity index (χ0v) is 17.8. The minimum atomic E-state index is -0.532. The molecule has 0 radical (unpaired) electrons. The van der Waals surface area contributed by atoms with E-state index in [0.717, 1.165) is 18.1 Å². The van der Waals surface area contributed by atoms with E-state index in [0.29, 0.717) is 28.1 Å². The van der Waals surface area contributed by atoms with Gasteiger partial charge in [0, 0.05) is 35.7 Å². The average Bonchev–Trinajstić information content (AvgIpc) is 2.76. The van der Waals surface area contributed by atoms with Gasteiger partial charge in [-0.05, 0) is 30.7 Å². The monoisotopic (exact) mass is 456 g/mol. The van der Waals surface area contributed by atoms with Crippen molar-refractivity contribution in [3.63, 3.8) is 0 Å². The Morgan fingerprint density at radius 3 is 2.77 bits per heavy atom. The Labute approximate surface area is 186 Å². The number of nitrogens with one attached hydrogen (secondary N) is 1. The Morgan fingerprint density at radius 2 is 2.03 bits per heavy atom. The van der Waals surface area contributed by atoms with Crippen LogP contribution >= 0.6 is 23.8 Å². The molecule has 3 aromatic rings. The van der Waals surface area contributed by atoms with E-state index in [9.17, 15) is 8.78 Å². The lowest BCUT2D eigenvalue weighted by atomic mass is 9.96. The molecule has 1 aliphatic rings. The van der Waals surface area contributed by atoms with E-state index in [4.69, 9.17) is 23.8 Å². The molecule has 0 aliphatic carbocycles. The summed E-state index contributed by atoms with van der Waals surface area (Å²) in [6, 6.07) is 4.59. The number of alkyl halides is 1. The summed E-state index contributed by atoms with van der Waals surface area (Å²) in [6.45, 7) is 1.82. The Hall–Kier alpha value is -3.17. The summed E-state index contributed by atoms with van der Waals surface area (Å²) in [7, 11) is 0. The summed E-state index contributed by atoms with van der Waals surface area (Å²) < 4.78 is 27.8. The molecule has 1 N–H and O–H groups in total. The SMILES string of the molecule is Cc1cc(C2=C(F)C=NC(Cl)C2)c(C=Nc2ncc(-c3ccc(F)cn3)[nH]c2=S)cn1.